The van der Waals surface area contributed by atoms with Crippen LogP contribution in [0.1, 0.15) is 34.6 Å². The van der Waals surface area contributed by atoms with Crippen molar-refractivity contribution >= 4 is 5.91 Å². The van der Waals surface area contributed by atoms with Gasteiger partial charge in [0.1, 0.15) is 11.5 Å². The molecule has 0 spiro atoms. The monoisotopic (exact) mass is 334 g/mol. The van der Waals surface area contributed by atoms with Crippen LogP contribution in [0.4, 0.5) is 8.78 Å². The predicted molar refractivity (Wildman–Crippen MR) is 86.1 cm³/mol. The number of piperidine rings is 1. The minimum atomic E-state index is -0.723. The normalized spacial score (nSPS) is 18.0. The molecule has 2 N–H and O–H groups in total. The van der Waals surface area contributed by atoms with Crippen molar-refractivity contribution < 1.29 is 13.6 Å². The first-order valence-electron chi connectivity index (χ1n) is 7.95. The number of hydrogen-bond donors (Lipinski definition) is 1. The Labute approximate surface area is 139 Å². The Bertz CT molecular complexity index is 787. The third-order valence-corrected chi connectivity index (χ3v) is 4.39. The topological polar surface area (TPSA) is 64.2 Å². The molecule has 2 aromatic rings. The summed E-state index contributed by atoms with van der Waals surface area (Å²) in [5.74, 6) is -1.52. The predicted octanol–water partition coefficient (Wildman–Crippen LogP) is 2.33. The van der Waals surface area contributed by atoms with Crippen LogP contribution in [0.25, 0.3) is 5.69 Å². The van der Waals surface area contributed by atoms with Crippen LogP contribution in [0, 0.1) is 25.5 Å². The molecular weight excluding hydrogens is 314 g/mol. The maximum atomic E-state index is 14.1. The maximum Gasteiger partial charge on any atom is 0.257 e. The highest BCUT2D eigenvalue weighted by atomic mass is 19.1. The van der Waals surface area contributed by atoms with Crippen LogP contribution in [-0.2, 0) is 0 Å². The molecule has 1 aromatic carbocycles. The lowest BCUT2D eigenvalue weighted by molar-refractivity contribution is 0.0707. The third kappa shape index (κ3) is 2.91. The largest absolute Gasteiger partial charge is 0.337 e. The van der Waals surface area contributed by atoms with Gasteiger partial charge in [-0.3, -0.25) is 4.79 Å². The molecule has 2 heterocycles. The van der Waals surface area contributed by atoms with Gasteiger partial charge in [0.05, 0.1) is 17.0 Å². The number of aryl methyl sites for hydroxylation is 1. The van der Waals surface area contributed by atoms with Crippen molar-refractivity contribution in [2.24, 2.45) is 5.73 Å². The summed E-state index contributed by atoms with van der Waals surface area (Å²) in [5.41, 5.74) is 7.56. The number of nitrogens with two attached hydrogens (primary N) is 1. The summed E-state index contributed by atoms with van der Waals surface area (Å²) < 4.78 is 28.5. The van der Waals surface area contributed by atoms with Gasteiger partial charge in [0, 0.05) is 25.2 Å². The van der Waals surface area contributed by atoms with Gasteiger partial charge in [-0.1, -0.05) is 0 Å². The zero-order chi connectivity index (χ0) is 17.4. The molecule has 128 valence electrons. The van der Waals surface area contributed by atoms with Gasteiger partial charge in [-0.15, -0.1) is 0 Å². The summed E-state index contributed by atoms with van der Waals surface area (Å²) >= 11 is 0. The number of aromatic nitrogens is 2. The third-order valence-electron chi connectivity index (χ3n) is 4.39. The van der Waals surface area contributed by atoms with E-state index in [9.17, 15) is 13.6 Å². The Hall–Kier alpha value is -2.28. The Kier molecular flexibility index (Phi) is 4.36. The van der Waals surface area contributed by atoms with Crippen molar-refractivity contribution in [3.05, 3.63) is 46.8 Å². The number of amides is 1. The Morgan fingerprint density at radius 3 is 2.75 bits per heavy atom. The molecule has 0 bridgehead atoms. The van der Waals surface area contributed by atoms with E-state index in [1.165, 1.54) is 16.8 Å². The van der Waals surface area contributed by atoms with E-state index < -0.39 is 11.6 Å². The molecule has 3 rings (SSSR count). The molecule has 1 aliphatic heterocycles. The van der Waals surface area contributed by atoms with E-state index in [4.69, 9.17) is 5.73 Å². The van der Waals surface area contributed by atoms with Gasteiger partial charge >= 0.3 is 0 Å². The summed E-state index contributed by atoms with van der Waals surface area (Å²) in [4.78, 5) is 14.6. The van der Waals surface area contributed by atoms with Crippen molar-refractivity contribution in [1.82, 2.24) is 14.7 Å². The van der Waals surface area contributed by atoms with Gasteiger partial charge in [-0.2, -0.15) is 5.10 Å². The van der Waals surface area contributed by atoms with Crippen LogP contribution in [0.3, 0.4) is 0 Å². The van der Waals surface area contributed by atoms with Crippen molar-refractivity contribution in [2.75, 3.05) is 13.1 Å². The highest BCUT2D eigenvalue weighted by Gasteiger charge is 2.27. The number of nitrogens with zero attached hydrogens (tertiary/aromatic N) is 3. The van der Waals surface area contributed by atoms with Crippen LogP contribution in [-0.4, -0.2) is 39.7 Å². The molecule has 1 aliphatic rings. The highest BCUT2D eigenvalue weighted by molar-refractivity contribution is 5.96. The van der Waals surface area contributed by atoms with Crippen LogP contribution in [0.5, 0.6) is 0 Å². The maximum absolute atomic E-state index is 14.1. The van der Waals surface area contributed by atoms with Crippen LogP contribution >= 0.6 is 0 Å². The second-order valence-electron chi connectivity index (χ2n) is 6.21. The first-order chi connectivity index (χ1) is 11.4. The molecular formula is C17H20F2N4O. The Morgan fingerprint density at radius 1 is 1.33 bits per heavy atom. The van der Waals surface area contributed by atoms with Gasteiger partial charge in [0.25, 0.3) is 5.91 Å². The summed E-state index contributed by atoms with van der Waals surface area (Å²) in [7, 11) is 0. The molecule has 0 saturated carbocycles. The number of likely N-dealkylation sites (tertiary alicyclic amines) is 1. The SMILES string of the molecule is Cc1nn(-c2ccc(F)cc2F)c(C)c1C(=O)N1CCC[C@H](N)C1. The van der Waals surface area contributed by atoms with E-state index in [1.54, 1.807) is 18.7 Å². The smallest absolute Gasteiger partial charge is 0.257 e. The molecule has 1 atom stereocenters. The van der Waals surface area contributed by atoms with Gasteiger partial charge < -0.3 is 10.6 Å². The average Bonchev–Trinajstić information content (AvgIpc) is 2.81. The van der Waals surface area contributed by atoms with Crippen molar-refractivity contribution in [3.63, 3.8) is 0 Å². The Balaban J connectivity index is 1.99. The van der Waals surface area contributed by atoms with Crippen LogP contribution in [0.2, 0.25) is 0 Å². The molecule has 5 nitrogen and oxygen atoms in total. The number of halogens is 2. The minimum absolute atomic E-state index is 0.0205. The molecule has 0 unspecified atom stereocenters. The standard InChI is InChI=1S/C17H20F2N4O/c1-10-16(17(24)22-7-3-4-13(20)9-22)11(2)23(21-10)15-6-5-12(18)8-14(15)19/h5-6,8,13H,3-4,7,9,20H2,1-2H3/t13-/m0/s1. The lowest BCUT2D eigenvalue weighted by Crippen LogP contribution is -2.46. The fraction of sp³-hybridized carbons (Fsp3) is 0.412. The highest BCUT2D eigenvalue weighted by Crippen LogP contribution is 2.23. The lowest BCUT2D eigenvalue weighted by atomic mass is 10.0. The zero-order valence-electron chi connectivity index (χ0n) is 13.7. The summed E-state index contributed by atoms with van der Waals surface area (Å²) in [5, 5.41) is 4.28. The van der Waals surface area contributed by atoms with E-state index in [-0.39, 0.29) is 17.6 Å². The summed E-state index contributed by atoms with van der Waals surface area (Å²) in [6.45, 7) is 4.58. The molecule has 0 aliphatic carbocycles. The first kappa shape index (κ1) is 16.6. The number of rotatable bonds is 2. The Morgan fingerprint density at radius 2 is 2.08 bits per heavy atom. The van der Waals surface area contributed by atoms with E-state index in [0.29, 0.717) is 30.0 Å². The van der Waals surface area contributed by atoms with E-state index in [2.05, 4.69) is 5.10 Å². The number of carbonyl (C=O) groups excluding carboxylic acids is 1. The number of hydrogen-bond acceptors (Lipinski definition) is 3. The van der Waals surface area contributed by atoms with E-state index in [1.807, 2.05) is 0 Å². The van der Waals surface area contributed by atoms with Gasteiger partial charge in [-0.25, -0.2) is 13.5 Å². The fourth-order valence-electron chi connectivity index (χ4n) is 3.19. The van der Waals surface area contributed by atoms with Crippen molar-refractivity contribution in [2.45, 2.75) is 32.7 Å². The van der Waals surface area contributed by atoms with Crippen molar-refractivity contribution in [3.8, 4) is 5.69 Å². The van der Waals surface area contributed by atoms with Crippen LogP contribution in [0.15, 0.2) is 18.2 Å². The summed E-state index contributed by atoms with van der Waals surface area (Å²) in [6.07, 6.45) is 1.77. The number of carbonyl (C=O) groups is 1. The molecule has 1 saturated heterocycles. The fourth-order valence-corrected chi connectivity index (χ4v) is 3.19. The summed E-state index contributed by atoms with van der Waals surface area (Å²) in [6, 6.07) is 3.26. The first-order valence-corrected chi connectivity index (χ1v) is 7.95. The zero-order valence-corrected chi connectivity index (χ0v) is 13.7. The van der Waals surface area contributed by atoms with E-state index in [0.717, 1.165) is 18.9 Å². The lowest BCUT2D eigenvalue weighted by Gasteiger charge is -2.30. The van der Waals surface area contributed by atoms with Gasteiger partial charge in [0.2, 0.25) is 0 Å². The second kappa shape index (κ2) is 6.32. The molecule has 1 fully saturated rings. The molecule has 24 heavy (non-hydrogen) atoms. The molecule has 0 radical (unpaired) electrons. The van der Waals surface area contributed by atoms with Gasteiger partial charge in [0.15, 0.2) is 5.82 Å². The minimum Gasteiger partial charge on any atom is -0.337 e. The molecule has 1 aromatic heterocycles. The quantitative estimate of drug-likeness (QED) is 0.917. The average molecular weight is 334 g/mol. The molecule has 7 heteroatoms. The number of benzene rings is 1. The van der Waals surface area contributed by atoms with Crippen molar-refractivity contribution in [1.29, 1.82) is 0 Å². The van der Waals surface area contributed by atoms with Crippen LogP contribution < -0.4 is 5.73 Å². The molecule has 1 amide bonds. The second-order valence-corrected chi connectivity index (χ2v) is 6.21. The van der Waals surface area contributed by atoms with E-state index >= 15 is 0 Å². The van der Waals surface area contributed by atoms with Gasteiger partial charge in [-0.05, 0) is 38.8 Å².